The zero-order chi connectivity index (χ0) is 18.6. The van der Waals surface area contributed by atoms with Crippen molar-refractivity contribution in [2.45, 2.75) is 25.4 Å². The molecule has 27 heavy (non-hydrogen) atoms. The van der Waals surface area contributed by atoms with E-state index in [1.165, 1.54) is 16.7 Å². The molecule has 0 radical (unpaired) electrons. The third kappa shape index (κ3) is 4.21. The van der Waals surface area contributed by atoms with E-state index in [9.17, 15) is 4.79 Å². The number of benzene rings is 2. The van der Waals surface area contributed by atoms with Crippen LogP contribution in [0, 0.1) is 5.92 Å². The predicted octanol–water partition coefficient (Wildman–Crippen LogP) is 2.33. The molecule has 2 fully saturated rings. The van der Waals surface area contributed by atoms with Crippen LogP contribution in [0.2, 0.25) is 0 Å². The summed E-state index contributed by atoms with van der Waals surface area (Å²) in [6.45, 7) is 5.35. The number of carbonyl (C=O) groups is 1. The summed E-state index contributed by atoms with van der Waals surface area (Å²) < 4.78 is 0. The van der Waals surface area contributed by atoms with Crippen molar-refractivity contribution >= 4 is 5.91 Å². The van der Waals surface area contributed by atoms with Crippen LogP contribution in [0.5, 0.6) is 0 Å². The molecule has 0 aromatic heterocycles. The summed E-state index contributed by atoms with van der Waals surface area (Å²) in [6.07, 6.45) is 1.14. The lowest BCUT2D eigenvalue weighted by atomic mass is 9.84. The molecular weight excluding hydrogens is 336 g/mol. The van der Waals surface area contributed by atoms with Gasteiger partial charge in [0.25, 0.3) is 0 Å². The molecule has 0 aliphatic carbocycles. The van der Waals surface area contributed by atoms with Crippen LogP contribution in [0.25, 0.3) is 11.1 Å². The topological polar surface area (TPSA) is 56.4 Å². The molecule has 4 rings (SSSR count). The highest BCUT2D eigenvalue weighted by Crippen LogP contribution is 2.34. The molecule has 3 atom stereocenters. The van der Waals surface area contributed by atoms with Crippen molar-refractivity contribution < 1.29 is 4.79 Å². The van der Waals surface area contributed by atoms with E-state index >= 15 is 0 Å². The van der Waals surface area contributed by atoms with Crippen LogP contribution in [-0.2, 0) is 4.79 Å². The van der Waals surface area contributed by atoms with Gasteiger partial charge in [-0.3, -0.25) is 10.2 Å². The minimum atomic E-state index is 0.0467. The maximum absolute atomic E-state index is 11.1. The van der Waals surface area contributed by atoms with Crippen molar-refractivity contribution in [3.8, 4) is 11.1 Å². The molecule has 2 aromatic rings. The molecule has 1 amide bonds. The van der Waals surface area contributed by atoms with Crippen molar-refractivity contribution in [2.24, 2.45) is 5.92 Å². The highest BCUT2D eigenvalue weighted by molar-refractivity contribution is 5.72. The van der Waals surface area contributed by atoms with E-state index in [0.29, 0.717) is 18.0 Å². The fourth-order valence-electron chi connectivity index (χ4n) is 4.31. The highest BCUT2D eigenvalue weighted by Gasteiger charge is 2.40. The van der Waals surface area contributed by atoms with Gasteiger partial charge in [-0.25, -0.2) is 5.43 Å². The molecule has 3 unspecified atom stereocenters. The van der Waals surface area contributed by atoms with Gasteiger partial charge >= 0.3 is 0 Å². The van der Waals surface area contributed by atoms with Crippen LogP contribution >= 0.6 is 0 Å². The Hall–Kier alpha value is -2.21. The number of fused-ring (bicyclic) bond motifs is 1. The van der Waals surface area contributed by atoms with Crippen LogP contribution in [0.1, 0.15) is 24.9 Å². The summed E-state index contributed by atoms with van der Waals surface area (Å²) in [5.41, 5.74) is 10.9. The average molecular weight is 364 g/mol. The molecule has 2 aliphatic heterocycles. The third-order valence-corrected chi connectivity index (χ3v) is 5.77. The van der Waals surface area contributed by atoms with Gasteiger partial charge in [0.15, 0.2) is 0 Å². The second kappa shape index (κ2) is 8.21. The zero-order valence-electron chi connectivity index (χ0n) is 15.8. The maximum atomic E-state index is 11.1. The molecule has 0 bridgehead atoms. The minimum absolute atomic E-state index is 0.0467. The lowest BCUT2D eigenvalue weighted by Crippen LogP contribution is -2.47. The van der Waals surface area contributed by atoms with Crippen LogP contribution in [0.3, 0.4) is 0 Å². The Labute approximate surface area is 161 Å². The fraction of sp³-hybridized carbons (Fsp3) is 0.409. The second-order valence-corrected chi connectivity index (χ2v) is 7.60. The van der Waals surface area contributed by atoms with E-state index in [2.05, 4.69) is 69.6 Å². The molecule has 2 aliphatic rings. The van der Waals surface area contributed by atoms with E-state index in [1.54, 1.807) is 6.92 Å². The van der Waals surface area contributed by atoms with E-state index in [-0.39, 0.29) is 5.91 Å². The monoisotopic (exact) mass is 364 g/mol. The first-order valence-corrected chi connectivity index (χ1v) is 9.84. The molecule has 2 heterocycles. The number of hydrogen-bond acceptors (Lipinski definition) is 4. The van der Waals surface area contributed by atoms with E-state index in [4.69, 9.17) is 0 Å². The Kier molecular flexibility index (Phi) is 5.53. The Morgan fingerprint density at radius 3 is 2.56 bits per heavy atom. The van der Waals surface area contributed by atoms with E-state index < -0.39 is 0 Å². The van der Waals surface area contributed by atoms with Gasteiger partial charge in [0.05, 0.1) is 6.04 Å². The quantitative estimate of drug-likeness (QED) is 0.762. The van der Waals surface area contributed by atoms with Crippen molar-refractivity contribution in [2.75, 3.05) is 26.2 Å². The minimum Gasteiger partial charge on any atom is -0.355 e. The van der Waals surface area contributed by atoms with Crippen LogP contribution < -0.4 is 16.2 Å². The van der Waals surface area contributed by atoms with Crippen molar-refractivity contribution in [3.05, 3.63) is 60.2 Å². The lowest BCUT2D eigenvalue weighted by molar-refractivity contribution is -0.119. The van der Waals surface area contributed by atoms with Gasteiger partial charge in [0.2, 0.25) is 5.91 Å². The lowest BCUT2D eigenvalue weighted by Gasteiger charge is -2.36. The van der Waals surface area contributed by atoms with Crippen molar-refractivity contribution in [1.29, 1.82) is 0 Å². The van der Waals surface area contributed by atoms with Gasteiger partial charge in [-0.2, -0.15) is 0 Å². The Morgan fingerprint density at radius 1 is 1.07 bits per heavy atom. The van der Waals surface area contributed by atoms with Gasteiger partial charge in [0, 0.05) is 38.5 Å². The first-order valence-electron chi connectivity index (χ1n) is 9.84. The normalized spacial score (nSPS) is 25.1. The van der Waals surface area contributed by atoms with Crippen molar-refractivity contribution in [1.82, 2.24) is 21.1 Å². The van der Waals surface area contributed by atoms with Crippen LogP contribution in [0.15, 0.2) is 54.6 Å². The number of amides is 1. The molecule has 3 N–H and O–H groups in total. The zero-order valence-corrected chi connectivity index (χ0v) is 15.8. The number of carbonyl (C=O) groups excluding carboxylic acids is 1. The highest BCUT2D eigenvalue weighted by atomic mass is 16.1. The van der Waals surface area contributed by atoms with Gasteiger partial charge in [-0.15, -0.1) is 0 Å². The number of hydrogen-bond donors (Lipinski definition) is 3. The van der Waals surface area contributed by atoms with E-state index in [0.717, 1.165) is 32.6 Å². The summed E-state index contributed by atoms with van der Waals surface area (Å²) in [5, 5.41) is 2.91. The maximum Gasteiger partial charge on any atom is 0.216 e. The molecule has 2 saturated heterocycles. The first-order chi connectivity index (χ1) is 13.2. The summed E-state index contributed by atoms with van der Waals surface area (Å²) >= 11 is 0. The number of hydrazine groups is 1. The van der Waals surface area contributed by atoms with Gasteiger partial charge in [-0.1, -0.05) is 54.6 Å². The predicted molar refractivity (Wildman–Crippen MR) is 108 cm³/mol. The number of piperidine rings is 1. The Bertz CT molecular complexity index is 762. The van der Waals surface area contributed by atoms with Crippen molar-refractivity contribution in [3.63, 3.8) is 0 Å². The summed E-state index contributed by atoms with van der Waals surface area (Å²) in [6, 6.07) is 20.3. The molecule has 0 spiro atoms. The average Bonchev–Trinajstić information content (AvgIpc) is 3.12. The smallest absolute Gasteiger partial charge is 0.216 e. The van der Waals surface area contributed by atoms with E-state index in [1.807, 2.05) is 6.07 Å². The standard InChI is InChI=1S/C22H28N4O/c1-16(27)23-12-14-26-13-11-21-20(15-26)22(25-24-21)19-9-7-18(8-10-19)17-5-3-2-4-6-17/h2-10,20-22,24-25H,11-15H2,1H3,(H,23,27). The second-order valence-electron chi connectivity index (χ2n) is 7.60. The Morgan fingerprint density at radius 2 is 1.81 bits per heavy atom. The number of rotatable bonds is 5. The third-order valence-electron chi connectivity index (χ3n) is 5.77. The molecule has 5 heteroatoms. The molecule has 2 aromatic carbocycles. The molecular formula is C22H28N4O. The first kappa shape index (κ1) is 18.2. The SMILES string of the molecule is CC(=O)NCCN1CCC2NNC(c3ccc(-c4ccccc4)cc3)C2C1. The van der Waals surface area contributed by atoms with Crippen LogP contribution in [-0.4, -0.2) is 43.0 Å². The van der Waals surface area contributed by atoms with Gasteiger partial charge < -0.3 is 10.2 Å². The summed E-state index contributed by atoms with van der Waals surface area (Å²) in [7, 11) is 0. The summed E-state index contributed by atoms with van der Waals surface area (Å²) in [4.78, 5) is 13.6. The van der Waals surface area contributed by atoms with Gasteiger partial charge in [-0.05, 0) is 29.7 Å². The number of likely N-dealkylation sites (tertiary alicyclic amines) is 1. The molecule has 0 saturated carbocycles. The number of nitrogens with one attached hydrogen (secondary N) is 3. The number of nitrogens with zero attached hydrogens (tertiary/aromatic N) is 1. The summed E-state index contributed by atoms with van der Waals surface area (Å²) in [5.74, 6) is 0.587. The van der Waals surface area contributed by atoms with Crippen LogP contribution in [0.4, 0.5) is 0 Å². The molecule has 142 valence electrons. The fourth-order valence-corrected chi connectivity index (χ4v) is 4.31. The molecule has 5 nitrogen and oxygen atoms in total. The largest absolute Gasteiger partial charge is 0.355 e. The Balaban J connectivity index is 1.42. The van der Waals surface area contributed by atoms with Gasteiger partial charge in [0.1, 0.15) is 0 Å².